The van der Waals surface area contributed by atoms with Gasteiger partial charge in [-0.15, -0.1) is 0 Å². The third-order valence-corrected chi connectivity index (χ3v) is 5.54. The number of carboxylic acid groups (broad SMARTS) is 1. The number of aryl methyl sites for hydroxylation is 1. The van der Waals surface area contributed by atoms with E-state index in [0.29, 0.717) is 13.0 Å². The maximum atomic E-state index is 10.9. The number of aliphatic hydroxyl groups is 1. The van der Waals surface area contributed by atoms with Gasteiger partial charge >= 0.3 is 5.97 Å². The van der Waals surface area contributed by atoms with Gasteiger partial charge in [0.1, 0.15) is 6.23 Å². The molecule has 0 spiro atoms. The number of hydrogen-bond acceptors (Lipinski definition) is 5. The average Bonchev–Trinajstić information content (AvgIpc) is 2.83. The van der Waals surface area contributed by atoms with Crippen LogP contribution >= 0.6 is 0 Å². The molecule has 0 bridgehead atoms. The molecule has 6 heteroatoms. The number of carboxylic acids is 1. The van der Waals surface area contributed by atoms with Gasteiger partial charge in [-0.2, -0.15) is 0 Å². The van der Waals surface area contributed by atoms with Crippen molar-refractivity contribution in [2.45, 2.75) is 38.5 Å². The summed E-state index contributed by atoms with van der Waals surface area (Å²) >= 11 is 0. The van der Waals surface area contributed by atoms with Crippen molar-refractivity contribution >= 4 is 17.0 Å². The molecular weight excluding hydrogens is 414 g/mol. The maximum absolute atomic E-state index is 10.9. The second kappa shape index (κ2) is 10.8. The van der Waals surface area contributed by atoms with Gasteiger partial charge in [0.05, 0.1) is 6.42 Å². The molecule has 6 nitrogen and oxygen atoms in total. The first-order chi connectivity index (χ1) is 16.1. The minimum absolute atomic E-state index is 0.0154. The molecule has 2 heterocycles. The topological polar surface area (TPSA) is 95.3 Å². The molecule has 1 unspecified atom stereocenters. The summed E-state index contributed by atoms with van der Waals surface area (Å²) in [5, 5.41) is 23.5. The number of pyridine rings is 2. The second-order valence-corrected chi connectivity index (χ2v) is 8.11. The van der Waals surface area contributed by atoms with Crippen LogP contribution < -0.4 is 5.32 Å². The summed E-state index contributed by atoms with van der Waals surface area (Å²) < 4.78 is 0. The Balaban J connectivity index is 1.24. The van der Waals surface area contributed by atoms with E-state index in [1.807, 2.05) is 72.8 Å². The molecule has 2 aromatic carbocycles. The second-order valence-electron chi connectivity index (χ2n) is 8.11. The molecule has 0 aliphatic carbocycles. The zero-order chi connectivity index (χ0) is 23.0. The molecule has 0 radical (unpaired) electrons. The highest BCUT2D eigenvalue weighted by Gasteiger charge is 2.07. The van der Waals surface area contributed by atoms with Crippen LogP contribution in [0.25, 0.3) is 22.2 Å². The normalized spacial score (nSPS) is 12.0. The molecule has 0 saturated carbocycles. The zero-order valence-electron chi connectivity index (χ0n) is 18.3. The van der Waals surface area contributed by atoms with Crippen molar-refractivity contribution < 1.29 is 15.0 Å². The lowest BCUT2D eigenvalue weighted by atomic mass is 10.0. The van der Waals surface area contributed by atoms with Gasteiger partial charge in [0.15, 0.2) is 5.65 Å². The van der Waals surface area contributed by atoms with Crippen LogP contribution in [-0.4, -0.2) is 32.4 Å². The molecule has 33 heavy (non-hydrogen) atoms. The van der Waals surface area contributed by atoms with E-state index in [-0.39, 0.29) is 6.42 Å². The molecule has 0 saturated heterocycles. The van der Waals surface area contributed by atoms with Gasteiger partial charge < -0.3 is 10.2 Å². The summed E-state index contributed by atoms with van der Waals surface area (Å²) in [5.74, 6) is -0.835. The summed E-state index contributed by atoms with van der Waals surface area (Å²) in [6, 6.07) is 23.6. The molecule has 1 atom stereocenters. The minimum atomic E-state index is -0.835. The lowest BCUT2D eigenvalue weighted by Gasteiger charge is -2.13. The third-order valence-electron chi connectivity index (χ3n) is 5.54. The van der Waals surface area contributed by atoms with Crippen molar-refractivity contribution in [3.05, 3.63) is 95.8 Å². The molecular formula is C27H27N3O3. The van der Waals surface area contributed by atoms with Crippen molar-refractivity contribution in [2.75, 3.05) is 0 Å². The SMILES string of the molecule is O=C(O)Cc1cccc(-c2ccc(CNC(O)CCCc3ccc4cccnc4n3)cc2)c1. The average molecular weight is 442 g/mol. The molecule has 0 amide bonds. The number of nitrogens with zero attached hydrogens (tertiary/aromatic N) is 2. The molecule has 4 aromatic rings. The Morgan fingerprint density at radius 2 is 1.79 bits per heavy atom. The van der Waals surface area contributed by atoms with E-state index in [2.05, 4.69) is 15.3 Å². The summed E-state index contributed by atoms with van der Waals surface area (Å²) in [5.41, 5.74) is 5.61. The first-order valence-electron chi connectivity index (χ1n) is 11.1. The predicted octanol–water partition coefficient (Wildman–Crippen LogP) is 4.35. The fraction of sp³-hybridized carbons (Fsp3) is 0.222. The Hall–Kier alpha value is -3.61. The van der Waals surface area contributed by atoms with Crippen LogP contribution in [0.1, 0.15) is 29.7 Å². The molecule has 4 rings (SSSR count). The maximum Gasteiger partial charge on any atom is 0.307 e. The predicted molar refractivity (Wildman–Crippen MR) is 129 cm³/mol. The van der Waals surface area contributed by atoms with Crippen LogP contribution in [0.2, 0.25) is 0 Å². The van der Waals surface area contributed by atoms with E-state index in [1.54, 1.807) is 6.20 Å². The number of aromatic nitrogens is 2. The third kappa shape index (κ3) is 6.44. The van der Waals surface area contributed by atoms with E-state index in [1.165, 1.54) is 0 Å². The van der Waals surface area contributed by atoms with Crippen LogP contribution in [-0.2, 0) is 24.2 Å². The standard InChI is InChI=1S/C27H27N3O3/c31-25(8-2-7-24-14-13-22-6-3-15-28-27(22)30-24)29-18-19-9-11-21(12-10-19)23-5-1-4-20(16-23)17-26(32)33/h1,3-6,9-16,25,29,31H,2,7-8,17-18H2,(H,32,33). The molecule has 168 valence electrons. The fourth-order valence-corrected chi connectivity index (χ4v) is 3.80. The van der Waals surface area contributed by atoms with Crippen LogP contribution in [0, 0.1) is 0 Å². The number of aliphatic hydroxyl groups excluding tert-OH is 1. The highest BCUT2D eigenvalue weighted by atomic mass is 16.4. The van der Waals surface area contributed by atoms with E-state index in [9.17, 15) is 9.90 Å². The van der Waals surface area contributed by atoms with E-state index in [0.717, 1.165) is 51.8 Å². The van der Waals surface area contributed by atoms with E-state index >= 15 is 0 Å². The van der Waals surface area contributed by atoms with E-state index < -0.39 is 12.2 Å². The number of nitrogens with one attached hydrogen (secondary N) is 1. The molecule has 3 N–H and O–H groups in total. The number of hydrogen-bond donors (Lipinski definition) is 3. The van der Waals surface area contributed by atoms with Crippen LogP contribution in [0.15, 0.2) is 79.0 Å². The zero-order valence-corrected chi connectivity index (χ0v) is 18.3. The monoisotopic (exact) mass is 441 g/mol. The Kier molecular flexibility index (Phi) is 7.40. The number of aliphatic carboxylic acids is 1. The van der Waals surface area contributed by atoms with Crippen LogP contribution in [0.5, 0.6) is 0 Å². The van der Waals surface area contributed by atoms with Gasteiger partial charge in [-0.1, -0.05) is 48.5 Å². The van der Waals surface area contributed by atoms with Crippen molar-refractivity contribution in [3.63, 3.8) is 0 Å². The Bertz CT molecular complexity index is 1220. The van der Waals surface area contributed by atoms with Crippen LogP contribution in [0.4, 0.5) is 0 Å². The molecule has 0 aliphatic rings. The summed E-state index contributed by atoms with van der Waals surface area (Å²) in [4.78, 5) is 19.8. The smallest absolute Gasteiger partial charge is 0.307 e. The molecule has 2 aromatic heterocycles. The number of fused-ring (bicyclic) bond motifs is 1. The van der Waals surface area contributed by atoms with Gasteiger partial charge in [-0.25, -0.2) is 9.97 Å². The summed E-state index contributed by atoms with van der Waals surface area (Å²) in [7, 11) is 0. The quantitative estimate of drug-likeness (QED) is 0.317. The van der Waals surface area contributed by atoms with Crippen molar-refractivity contribution in [3.8, 4) is 11.1 Å². The Labute approximate surface area is 193 Å². The van der Waals surface area contributed by atoms with Gasteiger partial charge in [-0.3, -0.25) is 10.1 Å². The number of carbonyl (C=O) groups is 1. The van der Waals surface area contributed by atoms with Gasteiger partial charge in [0.2, 0.25) is 0 Å². The van der Waals surface area contributed by atoms with Gasteiger partial charge in [0.25, 0.3) is 0 Å². The Morgan fingerprint density at radius 3 is 2.61 bits per heavy atom. The number of benzene rings is 2. The molecule has 0 fully saturated rings. The van der Waals surface area contributed by atoms with Crippen molar-refractivity contribution in [1.29, 1.82) is 0 Å². The van der Waals surface area contributed by atoms with Gasteiger partial charge in [0, 0.05) is 23.8 Å². The highest BCUT2D eigenvalue weighted by Crippen LogP contribution is 2.21. The van der Waals surface area contributed by atoms with Crippen molar-refractivity contribution in [2.24, 2.45) is 0 Å². The minimum Gasteiger partial charge on any atom is -0.481 e. The lowest BCUT2D eigenvalue weighted by Crippen LogP contribution is -2.28. The largest absolute Gasteiger partial charge is 0.481 e. The summed E-state index contributed by atoms with van der Waals surface area (Å²) in [6.07, 6.45) is 3.43. The molecule has 0 aliphatic heterocycles. The van der Waals surface area contributed by atoms with E-state index in [4.69, 9.17) is 5.11 Å². The Morgan fingerprint density at radius 1 is 0.939 bits per heavy atom. The first kappa shape index (κ1) is 22.6. The summed E-state index contributed by atoms with van der Waals surface area (Å²) in [6.45, 7) is 0.568. The van der Waals surface area contributed by atoms with Crippen LogP contribution in [0.3, 0.4) is 0 Å². The highest BCUT2D eigenvalue weighted by molar-refractivity contribution is 5.74. The lowest BCUT2D eigenvalue weighted by molar-refractivity contribution is -0.136. The number of rotatable bonds is 10. The first-order valence-corrected chi connectivity index (χ1v) is 11.1. The fourth-order valence-electron chi connectivity index (χ4n) is 3.80. The van der Waals surface area contributed by atoms with Gasteiger partial charge in [-0.05, 0) is 65.8 Å². The van der Waals surface area contributed by atoms with Crippen molar-refractivity contribution in [1.82, 2.24) is 15.3 Å².